The van der Waals surface area contributed by atoms with Gasteiger partial charge in [-0.1, -0.05) is 32.8 Å². The molecule has 7 heteroatoms. The number of nitrogens with zero attached hydrogens (tertiary/aromatic N) is 3. The predicted octanol–water partition coefficient (Wildman–Crippen LogP) is 4.92. The van der Waals surface area contributed by atoms with Crippen LogP contribution in [0.25, 0.3) is 21.8 Å². The number of rotatable bonds is 3. The molecule has 0 radical (unpaired) electrons. The van der Waals surface area contributed by atoms with Gasteiger partial charge in [-0.25, -0.2) is 4.98 Å². The fourth-order valence-electron chi connectivity index (χ4n) is 5.71. The van der Waals surface area contributed by atoms with Crippen LogP contribution in [-0.2, 0) is 6.54 Å². The van der Waals surface area contributed by atoms with Crippen molar-refractivity contribution in [2.75, 3.05) is 13.2 Å². The molecule has 0 saturated heterocycles. The highest BCUT2D eigenvalue weighted by molar-refractivity contribution is 5.91. The van der Waals surface area contributed by atoms with Crippen molar-refractivity contribution in [3.05, 3.63) is 75.1 Å². The van der Waals surface area contributed by atoms with Gasteiger partial charge in [0.25, 0.3) is 11.1 Å². The summed E-state index contributed by atoms with van der Waals surface area (Å²) in [6.07, 6.45) is 7.82. The minimum atomic E-state index is -0.163. The molecular weight excluding hydrogens is 454 g/mol. The quantitative estimate of drug-likeness (QED) is 0.385. The molecular formula is C29H31N3O4. The topological polar surface area (TPSA) is 75.3 Å². The summed E-state index contributed by atoms with van der Waals surface area (Å²) >= 11 is 0. The molecule has 0 bridgehead atoms. The van der Waals surface area contributed by atoms with Crippen LogP contribution in [0.3, 0.4) is 0 Å². The lowest BCUT2D eigenvalue weighted by Crippen LogP contribution is -2.33. The molecule has 186 valence electrons. The number of hydrogen-bond donors (Lipinski definition) is 0. The Morgan fingerprint density at radius 3 is 2.44 bits per heavy atom. The van der Waals surface area contributed by atoms with Crippen LogP contribution in [0.4, 0.5) is 0 Å². The number of fused-ring (bicyclic) bond motifs is 3. The van der Waals surface area contributed by atoms with Crippen molar-refractivity contribution in [2.24, 2.45) is 11.8 Å². The maximum absolute atomic E-state index is 13.6. The van der Waals surface area contributed by atoms with Gasteiger partial charge in [0.05, 0.1) is 41.6 Å². The Hall–Kier alpha value is -3.61. The molecule has 1 aromatic carbocycles. The maximum atomic E-state index is 13.6. The van der Waals surface area contributed by atoms with Gasteiger partial charge in [-0.2, -0.15) is 0 Å². The van der Waals surface area contributed by atoms with E-state index in [2.05, 4.69) is 18.8 Å². The van der Waals surface area contributed by atoms with Crippen LogP contribution < -0.4 is 20.6 Å². The van der Waals surface area contributed by atoms with Crippen LogP contribution >= 0.6 is 0 Å². The number of benzene rings is 1. The second-order valence-corrected chi connectivity index (χ2v) is 10.3. The zero-order chi connectivity index (χ0) is 24.8. The first-order chi connectivity index (χ1) is 17.5. The summed E-state index contributed by atoms with van der Waals surface area (Å²) in [5, 5.41) is 0.958. The smallest absolute Gasteiger partial charge is 0.260 e. The summed E-state index contributed by atoms with van der Waals surface area (Å²) in [6.45, 7) is 6.14. The van der Waals surface area contributed by atoms with E-state index in [-0.39, 0.29) is 17.2 Å². The summed E-state index contributed by atoms with van der Waals surface area (Å²) < 4.78 is 15.0. The number of pyridine rings is 3. The van der Waals surface area contributed by atoms with Gasteiger partial charge in [0.15, 0.2) is 11.5 Å². The van der Waals surface area contributed by atoms with E-state index in [1.165, 1.54) is 6.42 Å². The zero-order valence-electron chi connectivity index (χ0n) is 20.8. The Labute approximate surface area is 209 Å². The molecule has 0 amide bonds. The highest BCUT2D eigenvalue weighted by Crippen LogP contribution is 2.37. The third-order valence-electron chi connectivity index (χ3n) is 8.03. The molecule has 36 heavy (non-hydrogen) atoms. The van der Waals surface area contributed by atoms with Crippen LogP contribution in [-0.4, -0.2) is 27.3 Å². The number of hydrogen-bond acceptors (Lipinski definition) is 5. The lowest BCUT2D eigenvalue weighted by molar-refractivity contribution is 0.183. The maximum Gasteiger partial charge on any atom is 0.260 e. The molecule has 3 aromatic heterocycles. The van der Waals surface area contributed by atoms with Gasteiger partial charge in [-0.3, -0.25) is 9.59 Å². The lowest BCUT2D eigenvalue weighted by atomic mass is 9.78. The van der Waals surface area contributed by atoms with Gasteiger partial charge in [-0.05, 0) is 54.2 Å². The van der Waals surface area contributed by atoms with Gasteiger partial charge in [0, 0.05) is 24.9 Å². The minimum Gasteiger partial charge on any atom is -0.490 e. The fourth-order valence-corrected chi connectivity index (χ4v) is 5.71. The first kappa shape index (κ1) is 22.8. The van der Waals surface area contributed by atoms with Gasteiger partial charge in [0.2, 0.25) is 0 Å². The van der Waals surface area contributed by atoms with E-state index in [0.717, 1.165) is 30.6 Å². The Morgan fingerprint density at radius 1 is 0.861 bits per heavy atom. The van der Waals surface area contributed by atoms with E-state index >= 15 is 0 Å². The van der Waals surface area contributed by atoms with E-state index in [1.54, 1.807) is 16.8 Å². The zero-order valence-corrected chi connectivity index (χ0v) is 20.8. The minimum absolute atomic E-state index is 0.0643. The van der Waals surface area contributed by atoms with Crippen LogP contribution in [0.2, 0.25) is 0 Å². The molecule has 0 N–H and O–H groups in total. The van der Waals surface area contributed by atoms with Crippen molar-refractivity contribution >= 4 is 21.8 Å². The SMILES string of the molecule is CC1CCCC(n2ccc3nc4ccn(Cc5ccc6c(c5)OCCCO6)c(=O)c4cc3c2=O)C1C. The van der Waals surface area contributed by atoms with E-state index in [1.807, 2.05) is 41.1 Å². The summed E-state index contributed by atoms with van der Waals surface area (Å²) in [5.41, 5.74) is 1.94. The Bertz CT molecular complexity index is 1570. The molecule has 1 aliphatic heterocycles. The Morgan fingerprint density at radius 2 is 1.61 bits per heavy atom. The molecule has 2 aliphatic rings. The third kappa shape index (κ3) is 3.96. The normalized spacial score (nSPS) is 22.0. The first-order valence-corrected chi connectivity index (χ1v) is 12.9. The molecule has 1 saturated carbocycles. The first-order valence-electron chi connectivity index (χ1n) is 12.9. The van der Waals surface area contributed by atoms with Crippen molar-refractivity contribution < 1.29 is 9.47 Å². The molecule has 3 atom stereocenters. The molecule has 1 aliphatic carbocycles. The van der Waals surface area contributed by atoms with Gasteiger partial charge >= 0.3 is 0 Å². The van der Waals surface area contributed by atoms with E-state index < -0.39 is 0 Å². The Kier molecular flexibility index (Phi) is 5.78. The third-order valence-corrected chi connectivity index (χ3v) is 8.03. The molecule has 3 unspecified atom stereocenters. The van der Waals surface area contributed by atoms with Crippen LogP contribution in [0.15, 0.2) is 58.4 Å². The summed E-state index contributed by atoms with van der Waals surface area (Å²) in [4.78, 5) is 31.7. The van der Waals surface area contributed by atoms with Gasteiger partial charge in [0.1, 0.15) is 0 Å². The van der Waals surface area contributed by atoms with Gasteiger partial charge < -0.3 is 18.6 Å². The second kappa shape index (κ2) is 9.12. The summed E-state index contributed by atoms with van der Waals surface area (Å²) in [6, 6.07) is 11.4. The van der Waals surface area contributed by atoms with Crippen molar-refractivity contribution in [1.82, 2.24) is 14.1 Å². The predicted molar refractivity (Wildman–Crippen MR) is 140 cm³/mol. The highest BCUT2D eigenvalue weighted by atomic mass is 16.5. The monoisotopic (exact) mass is 485 g/mol. The molecule has 7 nitrogen and oxygen atoms in total. The average molecular weight is 486 g/mol. The number of aromatic nitrogens is 3. The second-order valence-electron chi connectivity index (χ2n) is 10.3. The highest BCUT2D eigenvalue weighted by Gasteiger charge is 2.29. The van der Waals surface area contributed by atoms with E-state index in [4.69, 9.17) is 9.47 Å². The van der Waals surface area contributed by atoms with Crippen LogP contribution in [0.1, 0.15) is 51.1 Å². The standard InChI is InChI=1S/C29H31N3O4/c1-18-5-3-6-25(19(18)2)32-12-10-24-22(29(32)34)16-21-23(30-24)9-11-31(28(21)33)17-20-7-8-26-27(15-20)36-14-4-13-35-26/h7-12,15-16,18-19,25H,3-6,13-14,17H2,1-2H3. The van der Waals surface area contributed by atoms with Crippen LogP contribution in [0.5, 0.6) is 11.5 Å². The van der Waals surface area contributed by atoms with Crippen molar-refractivity contribution in [3.8, 4) is 11.5 Å². The molecule has 0 spiro atoms. The summed E-state index contributed by atoms with van der Waals surface area (Å²) in [5.74, 6) is 2.45. The molecule has 4 aromatic rings. The average Bonchev–Trinajstić information content (AvgIpc) is 3.12. The molecule has 6 rings (SSSR count). The fraction of sp³-hybridized carbons (Fsp3) is 0.414. The van der Waals surface area contributed by atoms with E-state index in [9.17, 15) is 9.59 Å². The largest absolute Gasteiger partial charge is 0.490 e. The number of ether oxygens (including phenoxy) is 2. The summed E-state index contributed by atoms with van der Waals surface area (Å²) in [7, 11) is 0. The van der Waals surface area contributed by atoms with Crippen LogP contribution in [0, 0.1) is 11.8 Å². The Balaban J connectivity index is 1.39. The van der Waals surface area contributed by atoms with Gasteiger partial charge in [-0.15, -0.1) is 0 Å². The molecule has 4 heterocycles. The van der Waals surface area contributed by atoms with E-state index in [0.29, 0.717) is 59.1 Å². The van der Waals surface area contributed by atoms with Crippen molar-refractivity contribution in [3.63, 3.8) is 0 Å². The van der Waals surface area contributed by atoms with Crippen molar-refractivity contribution in [2.45, 2.75) is 52.1 Å². The lowest BCUT2D eigenvalue weighted by Gasteiger charge is -2.35. The van der Waals surface area contributed by atoms with Crippen molar-refractivity contribution in [1.29, 1.82) is 0 Å². The molecule has 1 fully saturated rings.